The van der Waals surface area contributed by atoms with E-state index in [0.29, 0.717) is 12.6 Å². The molecule has 1 unspecified atom stereocenters. The molecule has 2 heterocycles. The van der Waals surface area contributed by atoms with Crippen LogP contribution in [0.1, 0.15) is 5.69 Å². The van der Waals surface area contributed by atoms with Crippen molar-refractivity contribution < 1.29 is 0 Å². The first-order chi connectivity index (χ1) is 7.70. The average Bonchev–Trinajstić information content (AvgIpc) is 2.71. The van der Waals surface area contributed by atoms with Crippen molar-refractivity contribution in [3.05, 3.63) is 18.2 Å². The number of nitrogens with zero attached hydrogens (tertiary/aromatic N) is 4. The minimum atomic E-state index is 0.554. The molecule has 1 saturated heterocycles. The van der Waals surface area contributed by atoms with Gasteiger partial charge in [-0.1, -0.05) is 0 Å². The van der Waals surface area contributed by atoms with Crippen LogP contribution in [0.3, 0.4) is 0 Å². The Labute approximate surface area is 96.8 Å². The highest BCUT2D eigenvalue weighted by Crippen LogP contribution is 2.09. The SMILES string of the molecule is CN1CCN(C)C(Cn2cncc2CN)C1. The van der Waals surface area contributed by atoms with Gasteiger partial charge in [0.25, 0.3) is 0 Å². The monoisotopic (exact) mass is 223 g/mol. The number of imidazole rings is 1. The van der Waals surface area contributed by atoms with Gasteiger partial charge in [0.1, 0.15) is 0 Å². The van der Waals surface area contributed by atoms with Crippen molar-refractivity contribution in [1.29, 1.82) is 0 Å². The summed E-state index contributed by atoms with van der Waals surface area (Å²) in [5, 5.41) is 0. The van der Waals surface area contributed by atoms with Crippen LogP contribution in [0, 0.1) is 0 Å². The van der Waals surface area contributed by atoms with E-state index >= 15 is 0 Å². The summed E-state index contributed by atoms with van der Waals surface area (Å²) in [7, 11) is 4.37. The normalized spacial score (nSPS) is 23.8. The van der Waals surface area contributed by atoms with Crippen molar-refractivity contribution in [3.63, 3.8) is 0 Å². The van der Waals surface area contributed by atoms with Crippen LogP contribution in [0.25, 0.3) is 0 Å². The molecular weight excluding hydrogens is 202 g/mol. The fourth-order valence-electron chi connectivity index (χ4n) is 2.21. The van der Waals surface area contributed by atoms with E-state index in [9.17, 15) is 0 Å². The minimum Gasteiger partial charge on any atom is -0.332 e. The average molecular weight is 223 g/mol. The number of hydrogen-bond donors (Lipinski definition) is 1. The third kappa shape index (κ3) is 2.42. The third-order valence-electron chi connectivity index (χ3n) is 3.40. The van der Waals surface area contributed by atoms with E-state index < -0.39 is 0 Å². The van der Waals surface area contributed by atoms with Gasteiger partial charge in [0.05, 0.1) is 12.0 Å². The molecule has 1 aliphatic rings. The van der Waals surface area contributed by atoms with E-state index in [1.54, 1.807) is 0 Å². The van der Waals surface area contributed by atoms with E-state index in [2.05, 4.69) is 33.4 Å². The molecule has 0 radical (unpaired) electrons. The molecule has 16 heavy (non-hydrogen) atoms. The van der Waals surface area contributed by atoms with E-state index in [0.717, 1.165) is 31.9 Å². The molecule has 0 aliphatic carbocycles. The summed E-state index contributed by atoms with van der Waals surface area (Å²) in [5.74, 6) is 0. The Morgan fingerprint density at radius 1 is 1.44 bits per heavy atom. The van der Waals surface area contributed by atoms with Crippen LogP contribution < -0.4 is 5.73 Å². The van der Waals surface area contributed by atoms with E-state index in [4.69, 9.17) is 5.73 Å². The second kappa shape index (κ2) is 4.95. The van der Waals surface area contributed by atoms with Crippen LogP contribution in [0.2, 0.25) is 0 Å². The Bertz CT molecular complexity index is 335. The summed E-state index contributed by atoms with van der Waals surface area (Å²) >= 11 is 0. The van der Waals surface area contributed by atoms with E-state index in [1.807, 2.05) is 12.5 Å². The van der Waals surface area contributed by atoms with Crippen LogP contribution in [-0.4, -0.2) is 59.1 Å². The lowest BCUT2D eigenvalue weighted by Gasteiger charge is -2.38. The molecule has 2 N–H and O–H groups in total. The Morgan fingerprint density at radius 3 is 3.00 bits per heavy atom. The van der Waals surface area contributed by atoms with Gasteiger partial charge in [-0.3, -0.25) is 4.90 Å². The lowest BCUT2D eigenvalue weighted by atomic mass is 10.2. The number of aromatic nitrogens is 2. The van der Waals surface area contributed by atoms with Gasteiger partial charge in [-0.15, -0.1) is 0 Å². The van der Waals surface area contributed by atoms with Crippen LogP contribution >= 0.6 is 0 Å². The van der Waals surface area contributed by atoms with Crippen molar-refractivity contribution in [2.45, 2.75) is 19.1 Å². The summed E-state index contributed by atoms with van der Waals surface area (Å²) in [6.45, 7) is 4.94. The highest BCUT2D eigenvalue weighted by atomic mass is 15.3. The lowest BCUT2D eigenvalue weighted by Crippen LogP contribution is -2.51. The summed E-state index contributed by atoms with van der Waals surface area (Å²) in [5.41, 5.74) is 6.79. The fraction of sp³-hybridized carbons (Fsp3) is 0.727. The largest absolute Gasteiger partial charge is 0.332 e. The maximum Gasteiger partial charge on any atom is 0.0949 e. The molecule has 0 aromatic carbocycles. The quantitative estimate of drug-likeness (QED) is 0.757. The van der Waals surface area contributed by atoms with Gasteiger partial charge in [0.15, 0.2) is 0 Å². The van der Waals surface area contributed by atoms with Crippen molar-refractivity contribution in [2.75, 3.05) is 33.7 Å². The fourth-order valence-corrected chi connectivity index (χ4v) is 2.21. The first kappa shape index (κ1) is 11.6. The number of piperazine rings is 1. The molecule has 2 rings (SSSR count). The van der Waals surface area contributed by atoms with Crippen molar-refractivity contribution in [2.24, 2.45) is 5.73 Å². The van der Waals surface area contributed by atoms with Crippen LogP contribution in [-0.2, 0) is 13.1 Å². The highest BCUT2D eigenvalue weighted by Gasteiger charge is 2.22. The summed E-state index contributed by atoms with van der Waals surface area (Å²) in [6.07, 6.45) is 3.73. The molecule has 0 saturated carbocycles. The number of rotatable bonds is 3. The first-order valence-corrected chi connectivity index (χ1v) is 5.78. The van der Waals surface area contributed by atoms with Gasteiger partial charge in [-0.25, -0.2) is 4.98 Å². The van der Waals surface area contributed by atoms with Crippen molar-refractivity contribution in [3.8, 4) is 0 Å². The Balaban J connectivity index is 2.02. The second-order valence-corrected chi connectivity index (χ2v) is 4.64. The summed E-state index contributed by atoms with van der Waals surface area (Å²) in [4.78, 5) is 8.95. The molecule has 90 valence electrons. The molecule has 1 atom stereocenters. The van der Waals surface area contributed by atoms with Gasteiger partial charge in [0.2, 0.25) is 0 Å². The standard InChI is InChI=1S/C11H21N5/c1-14-3-4-15(2)11(7-14)8-16-9-13-6-10(16)5-12/h6,9,11H,3-5,7-8,12H2,1-2H3. The van der Waals surface area contributed by atoms with Crippen molar-refractivity contribution >= 4 is 0 Å². The molecule has 1 aliphatic heterocycles. The number of nitrogens with two attached hydrogens (primary N) is 1. The summed E-state index contributed by atoms with van der Waals surface area (Å²) < 4.78 is 2.17. The van der Waals surface area contributed by atoms with Gasteiger partial charge in [-0.2, -0.15) is 0 Å². The second-order valence-electron chi connectivity index (χ2n) is 4.64. The molecule has 1 aromatic heterocycles. The van der Waals surface area contributed by atoms with Gasteiger partial charge in [-0.05, 0) is 14.1 Å². The maximum atomic E-state index is 5.68. The molecule has 0 bridgehead atoms. The van der Waals surface area contributed by atoms with Crippen LogP contribution in [0.5, 0.6) is 0 Å². The Kier molecular flexibility index (Phi) is 3.58. The van der Waals surface area contributed by atoms with E-state index in [1.165, 1.54) is 0 Å². The predicted molar refractivity (Wildman–Crippen MR) is 64.0 cm³/mol. The smallest absolute Gasteiger partial charge is 0.0949 e. The maximum absolute atomic E-state index is 5.68. The zero-order chi connectivity index (χ0) is 11.5. The molecule has 1 aromatic rings. The predicted octanol–water partition coefficient (Wildman–Crippen LogP) is -0.412. The zero-order valence-electron chi connectivity index (χ0n) is 10.1. The minimum absolute atomic E-state index is 0.554. The lowest BCUT2D eigenvalue weighted by molar-refractivity contribution is 0.102. The molecule has 0 amide bonds. The zero-order valence-corrected chi connectivity index (χ0v) is 10.1. The molecule has 5 nitrogen and oxygen atoms in total. The molecule has 1 fully saturated rings. The van der Waals surface area contributed by atoms with Gasteiger partial charge < -0.3 is 15.2 Å². The Morgan fingerprint density at radius 2 is 2.25 bits per heavy atom. The van der Waals surface area contributed by atoms with Gasteiger partial charge in [0, 0.05) is 45.0 Å². The number of likely N-dealkylation sites (N-methyl/N-ethyl adjacent to an activating group) is 2. The summed E-state index contributed by atoms with van der Waals surface area (Å²) in [6, 6.07) is 0.554. The Hall–Kier alpha value is -0.910. The van der Waals surface area contributed by atoms with E-state index in [-0.39, 0.29) is 0 Å². The van der Waals surface area contributed by atoms with Gasteiger partial charge >= 0.3 is 0 Å². The highest BCUT2D eigenvalue weighted by molar-refractivity contribution is 4.98. The molecule has 0 spiro atoms. The van der Waals surface area contributed by atoms with Crippen LogP contribution in [0.4, 0.5) is 0 Å². The molecular formula is C11H21N5. The molecule has 5 heteroatoms. The number of hydrogen-bond acceptors (Lipinski definition) is 4. The third-order valence-corrected chi connectivity index (χ3v) is 3.40. The topological polar surface area (TPSA) is 50.3 Å². The first-order valence-electron chi connectivity index (χ1n) is 5.78. The van der Waals surface area contributed by atoms with Crippen molar-refractivity contribution in [1.82, 2.24) is 19.4 Å². The van der Waals surface area contributed by atoms with Crippen LogP contribution in [0.15, 0.2) is 12.5 Å².